The van der Waals surface area contributed by atoms with Gasteiger partial charge in [-0.15, -0.1) is 0 Å². The van der Waals surface area contributed by atoms with Crippen LogP contribution in [0.3, 0.4) is 0 Å². The number of aromatic nitrogens is 2. The molecular weight excluding hydrogens is 247 g/mol. The van der Waals surface area contributed by atoms with Crippen molar-refractivity contribution in [3.8, 4) is 0 Å². The summed E-state index contributed by atoms with van der Waals surface area (Å²) in [5.41, 5.74) is -0.742. The van der Waals surface area contributed by atoms with Crippen molar-refractivity contribution in [2.24, 2.45) is 0 Å². The van der Waals surface area contributed by atoms with E-state index < -0.39 is 11.7 Å². The zero-order valence-corrected chi connectivity index (χ0v) is 10.7. The molecule has 18 heavy (non-hydrogen) atoms. The highest BCUT2D eigenvalue weighted by Crippen LogP contribution is 2.29. The average molecular weight is 265 g/mol. The van der Waals surface area contributed by atoms with Gasteiger partial charge in [-0.05, 0) is 0 Å². The summed E-state index contributed by atoms with van der Waals surface area (Å²) in [7, 11) is 1.51. The zero-order valence-electron chi connectivity index (χ0n) is 10.7. The summed E-state index contributed by atoms with van der Waals surface area (Å²) in [6, 6.07) is -0.00416. The van der Waals surface area contributed by atoms with Crippen LogP contribution in [0, 0.1) is 0 Å². The number of nitrogens with zero attached hydrogens (tertiary/aromatic N) is 2. The van der Waals surface area contributed by atoms with Gasteiger partial charge >= 0.3 is 6.18 Å². The van der Waals surface area contributed by atoms with Crippen molar-refractivity contribution in [1.82, 2.24) is 15.1 Å². The Labute approximate surface area is 104 Å². The van der Waals surface area contributed by atoms with Crippen molar-refractivity contribution >= 4 is 0 Å². The largest absolute Gasteiger partial charge is 0.419 e. The van der Waals surface area contributed by atoms with Crippen LogP contribution >= 0.6 is 0 Å². The molecule has 0 fully saturated rings. The Morgan fingerprint density at radius 3 is 2.56 bits per heavy atom. The molecule has 1 N–H and O–H groups in total. The number of rotatable bonds is 6. The Hall–Kier alpha value is -1.08. The monoisotopic (exact) mass is 265 g/mol. The van der Waals surface area contributed by atoms with Gasteiger partial charge in [-0.25, -0.2) is 0 Å². The molecule has 0 spiro atoms. The highest BCUT2D eigenvalue weighted by Gasteiger charge is 2.32. The third-order valence-electron chi connectivity index (χ3n) is 2.42. The van der Waals surface area contributed by atoms with Crippen LogP contribution in [-0.4, -0.2) is 36.1 Å². The van der Waals surface area contributed by atoms with Gasteiger partial charge in [0.2, 0.25) is 0 Å². The summed E-state index contributed by atoms with van der Waals surface area (Å²) < 4.78 is 43.7. The molecule has 0 aliphatic heterocycles. The second-order valence-electron chi connectivity index (χ2n) is 4.38. The summed E-state index contributed by atoms with van der Waals surface area (Å²) >= 11 is 0. The molecule has 0 radical (unpaired) electrons. The summed E-state index contributed by atoms with van der Waals surface area (Å²) in [4.78, 5) is 0. The van der Waals surface area contributed by atoms with Crippen LogP contribution < -0.4 is 5.32 Å². The van der Waals surface area contributed by atoms with E-state index in [1.807, 2.05) is 13.8 Å². The van der Waals surface area contributed by atoms with Crippen LogP contribution in [0.2, 0.25) is 0 Å². The fraction of sp³-hybridized carbons (Fsp3) is 0.727. The molecule has 1 unspecified atom stereocenters. The van der Waals surface area contributed by atoms with E-state index in [1.54, 1.807) is 0 Å². The van der Waals surface area contributed by atoms with E-state index in [4.69, 9.17) is 4.74 Å². The number of hydrogen-bond donors (Lipinski definition) is 1. The molecule has 0 aliphatic carbocycles. The zero-order chi connectivity index (χ0) is 13.8. The number of nitrogens with one attached hydrogen (secondary N) is 1. The van der Waals surface area contributed by atoms with E-state index in [2.05, 4.69) is 10.4 Å². The van der Waals surface area contributed by atoms with Crippen molar-refractivity contribution < 1.29 is 17.9 Å². The lowest BCUT2D eigenvalue weighted by atomic mass is 10.3. The highest BCUT2D eigenvalue weighted by atomic mass is 19.4. The minimum atomic E-state index is -4.36. The van der Waals surface area contributed by atoms with Gasteiger partial charge in [-0.2, -0.15) is 18.3 Å². The standard InChI is InChI=1S/C11H18F3N3O/c1-8(2)15-5-10(7-18-3)17-6-9(4-16-17)11(12,13)14/h4,6,8,10,15H,5,7H2,1-3H3. The maximum absolute atomic E-state index is 12.5. The van der Waals surface area contributed by atoms with Gasteiger partial charge in [-0.3, -0.25) is 4.68 Å². The van der Waals surface area contributed by atoms with E-state index in [0.29, 0.717) is 13.2 Å². The number of halogens is 3. The molecule has 1 aromatic rings. The lowest BCUT2D eigenvalue weighted by Gasteiger charge is -2.19. The Morgan fingerprint density at radius 1 is 1.44 bits per heavy atom. The van der Waals surface area contributed by atoms with Crippen LogP contribution in [0.15, 0.2) is 12.4 Å². The number of hydrogen-bond acceptors (Lipinski definition) is 3. The predicted octanol–water partition coefficient (Wildman–Crippen LogP) is 2.09. The highest BCUT2D eigenvalue weighted by molar-refractivity contribution is 5.09. The second-order valence-corrected chi connectivity index (χ2v) is 4.38. The molecule has 4 nitrogen and oxygen atoms in total. The SMILES string of the molecule is COCC(CNC(C)C)n1cc(C(F)(F)F)cn1. The van der Waals surface area contributed by atoms with Crippen molar-refractivity contribution in [1.29, 1.82) is 0 Å². The summed E-state index contributed by atoms with van der Waals surface area (Å²) in [5.74, 6) is 0. The first-order valence-electron chi connectivity index (χ1n) is 5.68. The summed E-state index contributed by atoms with van der Waals surface area (Å²) in [5, 5.41) is 6.91. The van der Waals surface area contributed by atoms with E-state index in [-0.39, 0.29) is 12.1 Å². The first-order valence-corrected chi connectivity index (χ1v) is 5.68. The molecule has 0 bridgehead atoms. The fourth-order valence-electron chi connectivity index (χ4n) is 1.48. The molecule has 0 aliphatic rings. The van der Waals surface area contributed by atoms with E-state index >= 15 is 0 Å². The lowest BCUT2D eigenvalue weighted by Crippen LogP contribution is -2.32. The fourth-order valence-corrected chi connectivity index (χ4v) is 1.48. The van der Waals surface area contributed by atoms with Crippen molar-refractivity contribution in [3.05, 3.63) is 18.0 Å². The number of alkyl halides is 3. The molecule has 0 saturated heterocycles. The Bertz CT molecular complexity index is 363. The first kappa shape index (κ1) is 15.0. The summed E-state index contributed by atoms with van der Waals surface area (Å²) in [6.45, 7) is 4.74. The topological polar surface area (TPSA) is 39.1 Å². The predicted molar refractivity (Wildman–Crippen MR) is 61.3 cm³/mol. The van der Waals surface area contributed by atoms with Gasteiger partial charge < -0.3 is 10.1 Å². The third kappa shape index (κ3) is 4.30. The lowest BCUT2D eigenvalue weighted by molar-refractivity contribution is -0.137. The second kappa shape index (κ2) is 6.19. The van der Waals surface area contributed by atoms with Gasteiger partial charge in [0, 0.05) is 25.9 Å². The maximum atomic E-state index is 12.5. The Kier molecular flexibility index (Phi) is 5.15. The van der Waals surface area contributed by atoms with Crippen molar-refractivity contribution in [3.63, 3.8) is 0 Å². The molecule has 1 atom stereocenters. The number of methoxy groups -OCH3 is 1. The molecule has 104 valence electrons. The minimum absolute atomic E-state index is 0.252. The van der Waals surface area contributed by atoms with Crippen molar-refractivity contribution in [2.45, 2.75) is 32.1 Å². The van der Waals surface area contributed by atoms with Gasteiger partial charge in [-0.1, -0.05) is 13.8 Å². The molecule has 7 heteroatoms. The van der Waals surface area contributed by atoms with Crippen LogP contribution in [0.1, 0.15) is 25.5 Å². The maximum Gasteiger partial charge on any atom is 0.419 e. The normalized spacial score (nSPS) is 14.2. The van der Waals surface area contributed by atoms with E-state index in [1.165, 1.54) is 11.8 Å². The van der Waals surface area contributed by atoms with E-state index in [9.17, 15) is 13.2 Å². The van der Waals surface area contributed by atoms with Gasteiger partial charge in [0.25, 0.3) is 0 Å². The summed E-state index contributed by atoms with van der Waals surface area (Å²) in [6.07, 6.45) is -2.52. The Morgan fingerprint density at radius 2 is 2.11 bits per heavy atom. The van der Waals surface area contributed by atoms with E-state index in [0.717, 1.165) is 12.4 Å². The average Bonchev–Trinajstić information content (AvgIpc) is 2.72. The molecular formula is C11H18F3N3O. The quantitative estimate of drug-likeness (QED) is 0.856. The van der Waals surface area contributed by atoms with Crippen LogP contribution in [0.25, 0.3) is 0 Å². The third-order valence-corrected chi connectivity index (χ3v) is 2.42. The molecule has 0 saturated carbocycles. The molecule has 0 amide bonds. The molecule has 1 rings (SSSR count). The van der Waals surface area contributed by atoms with Gasteiger partial charge in [0.15, 0.2) is 0 Å². The molecule has 1 aromatic heterocycles. The van der Waals surface area contributed by atoms with Gasteiger partial charge in [0.1, 0.15) is 0 Å². The minimum Gasteiger partial charge on any atom is -0.382 e. The van der Waals surface area contributed by atoms with Crippen LogP contribution in [-0.2, 0) is 10.9 Å². The van der Waals surface area contributed by atoms with Gasteiger partial charge in [0.05, 0.1) is 24.4 Å². The van der Waals surface area contributed by atoms with Crippen molar-refractivity contribution in [2.75, 3.05) is 20.3 Å². The number of ether oxygens (including phenoxy) is 1. The van der Waals surface area contributed by atoms with Crippen LogP contribution in [0.4, 0.5) is 13.2 Å². The first-order chi connectivity index (χ1) is 8.34. The molecule has 0 aromatic carbocycles. The smallest absolute Gasteiger partial charge is 0.382 e. The molecule has 1 heterocycles. The van der Waals surface area contributed by atoms with Crippen LogP contribution in [0.5, 0.6) is 0 Å². The Balaban J connectivity index is 2.76.